The lowest BCUT2D eigenvalue weighted by Gasteiger charge is -2.34. The molecule has 0 unspecified atom stereocenters. The number of hydrogen-bond donors (Lipinski definition) is 1. The van der Waals surface area contributed by atoms with E-state index in [-0.39, 0.29) is 11.8 Å². The van der Waals surface area contributed by atoms with Gasteiger partial charge >= 0.3 is 0 Å². The number of nitrogens with zero attached hydrogens (tertiary/aromatic N) is 5. The molecular weight excluding hydrogens is 475 g/mol. The van der Waals surface area contributed by atoms with Gasteiger partial charge in [0.2, 0.25) is 5.91 Å². The predicted molar refractivity (Wildman–Crippen MR) is 130 cm³/mol. The largest absolute Gasteiger partial charge is 0.324 e. The SMILES string of the molecule is CN1C(=O)[C@@H](N2CCc3c(nn(Cc4ccccc4)c3Cl)C2=O)Cc2[nH]nc3cc(Cl)cc1c23. The second-order valence-electron chi connectivity index (χ2n) is 8.65. The number of aromatic nitrogens is 4. The zero-order valence-electron chi connectivity index (χ0n) is 18.3. The zero-order chi connectivity index (χ0) is 23.6. The van der Waals surface area contributed by atoms with Crippen molar-refractivity contribution in [3.05, 3.63) is 75.2 Å². The number of fused-ring (bicyclic) bond motifs is 1. The molecule has 34 heavy (non-hydrogen) atoms. The molecule has 172 valence electrons. The molecule has 0 bridgehead atoms. The number of H-pyrrole nitrogens is 1. The van der Waals surface area contributed by atoms with Crippen LogP contribution in [-0.2, 0) is 24.2 Å². The number of nitrogens with one attached hydrogen (secondary N) is 1. The second-order valence-corrected chi connectivity index (χ2v) is 9.44. The van der Waals surface area contributed by atoms with E-state index < -0.39 is 6.04 Å². The quantitative estimate of drug-likeness (QED) is 0.470. The number of likely N-dealkylation sites (N-methyl/N-ethyl adjacent to an activating group) is 1. The number of anilines is 1. The molecule has 0 saturated carbocycles. The van der Waals surface area contributed by atoms with Crippen LogP contribution in [0.15, 0.2) is 42.5 Å². The summed E-state index contributed by atoms with van der Waals surface area (Å²) in [5.41, 5.74) is 4.24. The summed E-state index contributed by atoms with van der Waals surface area (Å²) in [6.45, 7) is 0.842. The molecule has 0 aliphatic carbocycles. The molecule has 0 radical (unpaired) electrons. The summed E-state index contributed by atoms with van der Waals surface area (Å²) in [6, 6.07) is 12.6. The summed E-state index contributed by atoms with van der Waals surface area (Å²) in [7, 11) is 1.70. The molecule has 4 heterocycles. The Kier molecular flexibility index (Phi) is 4.89. The maximum absolute atomic E-state index is 13.6. The normalized spacial score (nSPS) is 17.9. The summed E-state index contributed by atoms with van der Waals surface area (Å²) in [5, 5.41) is 13.8. The molecule has 6 rings (SSSR count). The fourth-order valence-corrected chi connectivity index (χ4v) is 5.43. The lowest BCUT2D eigenvalue weighted by molar-refractivity contribution is -0.122. The van der Waals surface area contributed by atoms with Crippen LogP contribution in [-0.4, -0.2) is 56.3 Å². The topological polar surface area (TPSA) is 87.1 Å². The number of amides is 2. The standard InChI is InChI=1S/C24H20Cl2N6O2/c1-30-18-10-14(25)9-16-20(18)17(28-27-16)11-19(23(30)33)31-8-7-15-21(24(31)34)29-32(22(15)26)12-13-5-3-2-4-6-13/h2-6,9-10,19H,7-8,11-12H2,1H3,(H,27,28)/t19-/m0/s1. The minimum absolute atomic E-state index is 0.181. The maximum Gasteiger partial charge on any atom is 0.275 e. The predicted octanol–water partition coefficient (Wildman–Crippen LogP) is 3.70. The van der Waals surface area contributed by atoms with E-state index in [1.807, 2.05) is 30.3 Å². The lowest BCUT2D eigenvalue weighted by Crippen LogP contribution is -2.53. The van der Waals surface area contributed by atoms with Crippen LogP contribution in [0.4, 0.5) is 5.69 Å². The number of hydrogen-bond acceptors (Lipinski definition) is 4. The van der Waals surface area contributed by atoms with E-state index in [1.165, 1.54) is 0 Å². The van der Waals surface area contributed by atoms with E-state index in [4.69, 9.17) is 23.2 Å². The van der Waals surface area contributed by atoms with Crippen LogP contribution in [0.5, 0.6) is 0 Å². The van der Waals surface area contributed by atoms with Gasteiger partial charge in [0.1, 0.15) is 11.2 Å². The highest BCUT2D eigenvalue weighted by atomic mass is 35.5. The van der Waals surface area contributed by atoms with E-state index in [9.17, 15) is 9.59 Å². The van der Waals surface area contributed by atoms with Gasteiger partial charge in [0.15, 0.2) is 5.69 Å². The Hall–Kier alpha value is -3.36. The van der Waals surface area contributed by atoms with Crippen LogP contribution in [0, 0.1) is 0 Å². The fourth-order valence-electron chi connectivity index (χ4n) is 4.94. The highest BCUT2D eigenvalue weighted by Crippen LogP contribution is 2.37. The van der Waals surface area contributed by atoms with Crippen LogP contribution in [0.2, 0.25) is 10.2 Å². The van der Waals surface area contributed by atoms with Crippen LogP contribution in [0.3, 0.4) is 0 Å². The Morgan fingerprint density at radius 3 is 2.74 bits per heavy atom. The number of benzene rings is 2. The van der Waals surface area contributed by atoms with Gasteiger partial charge in [-0.1, -0.05) is 53.5 Å². The van der Waals surface area contributed by atoms with Gasteiger partial charge in [-0.05, 0) is 24.1 Å². The van der Waals surface area contributed by atoms with Gasteiger partial charge < -0.3 is 9.80 Å². The van der Waals surface area contributed by atoms with Gasteiger partial charge in [-0.25, -0.2) is 4.68 Å². The molecule has 2 aromatic heterocycles. The third kappa shape index (κ3) is 3.20. The highest BCUT2D eigenvalue weighted by molar-refractivity contribution is 6.32. The van der Waals surface area contributed by atoms with Crippen molar-refractivity contribution in [3.8, 4) is 0 Å². The second kappa shape index (κ2) is 7.85. The van der Waals surface area contributed by atoms with Crippen LogP contribution in [0.1, 0.15) is 27.3 Å². The first-order chi connectivity index (χ1) is 16.4. The average Bonchev–Trinajstić information content (AvgIpc) is 3.35. The molecule has 2 aromatic carbocycles. The summed E-state index contributed by atoms with van der Waals surface area (Å²) in [4.78, 5) is 30.3. The van der Waals surface area contributed by atoms with Crippen molar-refractivity contribution in [3.63, 3.8) is 0 Å². The van der Waals surface area contributed by atoms with Crippen LogP contribution >= 0.6 is 23.2 Å². The highest BCUT2D eigenvalue weighted by Gasteiger charge is 2.41. The van der Waals surface area contributed by atoms with Crippen molar-refractivity contribution in [1.82, 2.24) is 24.9 Å². The molecule has 1 N–H and O–H groups in total. The maximum atomic E-state index is 13.6. The van der Waals surface area contributed by atoms with Gasteiger partial charge in [0.05, 0.1) is 17.7 Å². The molecule has 2 amide bonds. The number of carbonyl (C=O) groups excluding carboxylic acids is 2. The van der Waals surface area contributed by atoms with E-state index in [0.717, 1.165) is 22.2 Å². The summed E-state index contributed by atoms with van der Waals surface area (Å²) in [6.07, 6.45) is 0.854. The number of rotatable bonds is 3. The van der Waals surface area contributed by atoms with E-state index >= 15 is 0 Å². The third-order valence-corrected chi connectivity index (χ3v) is 7.29. The van der Waals surface area contributed by atoms with Crippen molar-refractivity contribution in [2.24, 2.45) is 0 Å². The first-order valence-electron chi connectivity index (χ1n) is 11.0. The molecule has 1 atom stereocenters. The monoisotopic (exact) mass is 494 g/mol. The van der Waals surface area contributed by atoms with Crippen molar-refractivity contribution in [2.45, 2.75) is 25.4 Å². The van der Waals surface area contributed by atoms with Gasteiger partial charge in [-0.15, -0.1) is 0 Å². The van der Waals surface area contributed by atoms with E-state index in [1.54, 1.807) is 33.7 Å². The van der Waals surface area contributed by atoms with E-state index in [0.29, 0.717) is 53.0 Å². The van der Waals surface area contributed by atoms with Crippen molar-refractivity contribution in [1.29, 1.82) is 0 Å². The summed E-state index contributed by atoms with van der Waals surface area (Å²) in [5.74, 6) is -0.471. The summed E-state index contributed by atoms with van der Waals surface area (Å²) < 4.78 is 1.65. The third-order valence-electron chi connectivity index (χ3n) is 6.65. The first-order valence-corrected chi connectivity index (χ1v) is 11.7. The Morgan fingerprint density at radius 1 is 1.15 bits per heavy atom. The Balaban J connectivity index is 1.35. The Labute approximate surface area is 205 Å². The van der Waals surface area contributed by atoms with Crippen LogP contribution < -0.4 is 4.90 Å². The average molecular weight is 495 g/mol. The molecule has 0 saturated heterocycles. The molecule has 0 spiro atoms. The minimum Gasteiger partial charge on any atom is -0.324 e. The molecule has 8 nitrogen and oxygen atoms in total. The van der Waals surface area contributed by atoms with Gasteiger partial charge in [0.25, 0.3) is 5.91 Å². The number of aromatic amines is 1. The Bertz CT molecular complexity index is 1460. The van der Waals surface area contributed by atoms with Crippen molar-refractivity contribution >= 4 is 51.6 Å². The van der Waals surface area contributed by atoms with Crippen molar-refractivity contribution in [2.75, 3.05) is 18.5 Å². The molecule has 10 heteroatoms. The fraction of sp³-hybridized carbons (Fsp3) is 0.250. The number of carbonyl (C=O) groups is 2. The summed E-state index contributed by atoms with van der Waals surface area (Å²) >= 11 is 12.9. The first kappa shape index (κ1) is 21.2. The van der Waals surface area contributed by atoms with Gasteiger partial charge in [0, 0.05) is 41.7 Å². The van der Waals surface area contributed by atoms with Gasteiger partial charge in [-0.2, -0.15) is 10.2 Å². The molecule has 0 fully saturated rings. The molecule has 2 aliphatic heterocycles. The molecule has 2 aliphatic rings. The number of halogens is 2. The minimum atomic E-state index is -0.696. The lowest BCUT2D eigenvalue weighted by atomic mass is 10.0. The van der Waals surface area contributed by atoms with E-state index in [2.05, 4.69) is 15.3 Å². The van der Waals surface area contributed by atoms with Gasteiger partial charge in [-0.3, -0.25) is 14.7 Å². The van der Waals surface area contributed by atoms with Crippen molar-refractivity contribution < 1.29 is 9.59 Å². The molecular formula is C24H20Cl2N6O2. The molecule has 4 aromatic rings. The Morgan fingerprint density at radius 2 is 1.94 bits per heavy atom. The zero-order valence-corrected chi connectivity index (χ0v) is 19.8. The van der Waals surface area contributed by atoms with Crippen LogP contribution in [0.25, 0.3) is 10.9 Å². The smallest absolute Gasteiger partial charge is 0.275 e.